The van der Waals surface area contributed by atoms with E-state index in [1.54, 1.807) is 61.5 Å². The highest BCUT2D eigenvalue weighted by Crippen LogP contribution is 2.30. The Bertz CT molecular complexity index is 1520. The molecule has 1 atom stereocenters. The standard InChI is InChI=1S/C32H37Cl2N3O5S/c1-22-15-17-27(18-16-22)43(40,41)37(25-11-7-12-26(19-25)42-3)21-31(38)36(20-28-29(33)13-8-14-30(28)34)23(2)32(39)35-24-9-5-4-6-10-24/h7-8,11-19,23-24H,4-6,9-10,20-21H2,1-3H3,(H,35,39)/t23-/m1/s1. The summed E-state index contributed by atoms with van der Waals surface area (Å²) in [5.74, 6) is -0.493. The van der Waals surface area contributed by atoms with Crippen LogP contribution in [0.5, 0.6) is 5.75 Å². The maximum atomic E-state index is 14.2. The smallest absolute Gasteiger partial charge is 0.264 e. The number of amides is 2. The van der Waals surface area contributed by atoms with E-state index in [2.05, 4.69) is 5.32 Å². The number of ether oxygens (including phenoxy) is 1. The fourth-order valence-electron chi connectivity index (χ4n) is 5.14. The highest BCUT2D eigenvalue weighted by Gasteiger charge is 2.34. The monoisotopic (exact) mass is 645 g/mol. The van der Waals surface area contributed by atoms with E-state index in [4.69, 9.17) is 27.9 Å². The predicted molar refractivity (Wildman–Crippen MR) is 170 cm³/mol. The molecule has 8 nitrogen and oxygen atoms in total. The van der Waals surface area contributed by atoms with Gasteiger partial charge in [0.1, 0.15) is 18.3 Å². The lowest BCUT2D eigenvalue weighted by Crippen LogP contribution is -2.53. The first-order chi connectivity index (χ1) is 20.5. The first kappa shape index (κ1) is 32.6. The molecule has 0 spiro atoms. The van der Waals surface area contributed by atoms with E-state index < -0.39 is 28.5 Å². The molecule has 0 aromatic heterocycles. The van der Waals surface area contributed by atoms with E-state index in [-0.39, 0.29) is 29.1 Å². The molecule has 0 aliphatic heterocycles. The quantitative estimate of drug-likeness (QED) is 0.261. The Hall–Kier alpha value is -3.27. The fourth-order valence-corrected chi connectivity index (χ4v) is 7.06. The summed E-state index contributed by atoms with van der Waals surface area (Å²) in [4.78, 5) is 29.1. The van der Waals surface area contributed by atoms with Gasteiger partial charge in [0, 0.05) is 34.3 Å². The molecule has 43 heavy (non-hydrogen) atoms. The minimum Gasteiger partial charge on any atom is -0.497 e. The largest absolute Gasteiger partial charge is 0.497 e. The van der Waals surface area contributed by atoms with Crippen molar-refractivity contribution in [2.75, 3.05) is 18.0 Å². The van der Waals surface area contributed by atoms with Crippen molar-refractivity contribution in [1.29, 1.82) is 0 Å². The van der Waals surface area contributed by atoms with Crippen molar-refractivity contribution in [2.45, 2.75) is 69.5 Å². The molecule has 2 amide bonds. The number of hydrogen-bond acceptors (Lipinski definition) is 5. The van der Waals surface area contributed by atoms with Crippen molar-refractivity contribution in [1.82, 2.24) is 10.2 Å². The number of aryl methyl sites for hydroxylation is 1. The molecule has 0 bridgehead atoms. The number of hydrogen-bond donors (Lipinski definition) is 1. The van der Waals surface area contributed by atoms with E-state index in [9.17, 15) is 18.0 Å². The molecule has 1 fully saturated rings. The third-order valence-electron chi connectivity index (χ3n) is 7.74. The van der Waals surface area contributed by atoms with Crippen LogP contribution in [0.3, 0.4) is 0 Å². The van der Waals surface area contributed by atoms with Crippen molar-refractivity contribution in [3.05, 3.63) is 87.9 Å². The average molecular weight is 647 g/mol. The summed E-state index contributed by atoms with van der Waals surface area (Å²) >= 11 is 13.0. The number of nitrogens with zero attached hydrogens (tertiary/aromatic N) is 2. The van der Waals surface area contributed by atoms with Crippen LogP contribution in [-0.2, 0) is 26.2 Å². The summed E-state index contributed by atoms with van der Waals surface area (Å²) in [6.45, 7) is 2.82. The highest BCUT2D eigenvalue weighted by atomic mass is 35.5. The van der Waals surface area contributed by atoms with Gasteiger partial charge in [-0.25, -0.2) is 8.42 Å². The van der Waals surface area contributed by atoms with Gasteiger partial charge in [-0.2, -0.15) is 0 Å². The second-order valence-electron chi connectivity index (χ2n) is 10.8. The summed E-state index contributed by atoms with van der Waals surface area (Å²) in [7, 11) is -2.73. The molecule has 0 radical (unpaired) electrons. The normalized spacial score (nSPS) is 14.5. The van der Waals surface area contributed by atoms with Crippen molar-refractivity contribution in [3.8, 4) is 5.75 Å². The van der Waals surface area contributed by atoms with Crippen LogP contribution in [0.1, 0.15) is 50.2 Å². The highest BCUT2D eigenvalue weighted by molar-refractivity contribution is 7.92. The summed E-state index contributed by atoms with van der Waals surface area (Å²) in [6, 6.07) is 17.0. The first-order valence-corrected chi connectivity index (χ1v) is 16.5. The molecule has 1 aliphatic carbocycles. The first-order valence-electron chi connectivity index (χ1n) is 14.3. The Labute approximate surface area is 264 Å². The SMILES string of the molecule is COc1cccc(N(CC(=O)N(Cc2c(Cl)cccc2Cl)[C@H](C)C(=O)NC2CCCCC2)S(=O)(=O)c2ccc(C)cc2)c1. The molecule has 3 aromatic rings. The Morgan fingerprint density at radius 1 is 0.977 bits per heavy atom. The van der Waals surface area contributed by atoms with Gasteiger partial charge in [0.15, 0.2) is 0 Å². The molecule has 0 heterocycles. The number of nitrogens with one attached hydrogen (secondary N) is 1. The van der Waals surface area contributed by atoms with Crippen molar-refractivity contribution in [2.24, 2.45) is 0 Å². The average Bonchev–Trinajstić information content (AvgIpc) is 3.00. The number of anilines is 1. The topological polar surface area (TPSA) is 96.0 Å². The number of carbonyl (C=O) groups excluding carboxylic acids is 2. The van der Waals surface area contributed by atoms with E-state index in [0.717, 1.165) is 42.0 Å². The van der Waals surface area contributed by atoms with Gasteiger partial charge in [0.25, 0.3) is 10.0 Å². The Morgan fingerprint density at radius 2 is 1.60 bits per heavy atom. The van der Waals surface area contributed by atoms with E-state index >= 15 is 0 Å². The summed E-state index contributed by atoms with van der Waals surface area (Å²) in [6.07, 6.45) is 4.95. The van der Waals surface area contributed by atoms with E-state index in [1.165, 1.54) is 24.1 Å². The number of methoxy groups -OCH3 is 1. The lowest BCUT2D eigenvalue weighted by molar-refractivity contribution is -0.139. The van der Waals surface area contributed by atoms with Crippen LogP contribution in [0.4, 0.5) is 5.69 Å². The number of rotatable bonds is 11. The number of halogens is 2. The van der Waals surface area contributed by atoms with Crippen LogP contribution in [0, 0.1) is 6.92 Å². The lowest BCUT2D eigenvalue weighted by atomic mass is 9.95. The molecule has 230 valence electrons. The number of sulfonamides is 1. The summed E-state index contributed by atoms with van der Waals surface area (Å²) < 4.78 is 34.4. The van der Waals surface area contributed by atoms with Gasteiger partial charge in [-0.1, -0.05) is 72.3 Å². The minimum atomic E-state index is -4.20. The predicted octanol–water partition coefficient (Wildman–Crippen LogP) is 6.37. The molecule has 11 heteroatoms. The second kappa shape index (κ2) is 14.5. The van der Waals surface area contributed by atoms with Gasteiger partial charge in [0.05, 0.1) is 17.7 Å². The van der Waals surface area contributed by atoms with Crippen LogP contribution in [0.15, 0.2) is 71.6 Å². The molecule has 1 N–H and O–H groups in total. The fraction of sp³-hybridized carbons (Fsp3) is 0.375. The zero-order valence-electron chi connectivity index (χ0n) is 24.6. The Kier molecular flexibility index (Phi) is 11.0. The molecular weight excluding hydrogens is 609 g/mol. The van der Waals surface area contributed by atoms with Crippen LogP contribution in [-0.4, -0.2) is 50.9 Å². The van der Waals surface area contributed by atoms with Gasteiger partial charge in [-0.15, -0.1) is 0 Å². The van der Waals surface area contributed by atoms with Gasteiger partial charge < -0.3 is 15.0 Å². The zero-order valence-corrected chi connectivity index (χ0v) is 26.9. The van der Waals surface area contributed by atoms with Crippen molar-refractivity contribution < 1.29 is 22.7 Å². The molecule has 1 aliphatic rings. The maximum absolute atomic E-state index is 14.2. The van der Waals surface area contributed by atoms with Gasteiger partial charge in [-0.3, -0.25) is 13.9 Å². The van der Waals surface area contributed by atoms with Crippen LogP contribution >= 0.6 is 23.2 Å². The Balaban J connectivity index is 1.72. The molecule has 1 saturated carbocycles. The van der Waals surface area contributed by atoms with Crippen molar-refractivity contribution in [3.63, 3.8) is 0 Å². The van der Waals surface area contributed by atoms with E-state index in [0.29, 0.717) is 21.4 Å². The number of carbonyl (C=O) groups is 2. The van der Waals surface area contributed by atoms with E-state index in [1.807, 2.05) is 6.92 Å². The molecule has 0 unspecified atom stereocenters. The van der Waals surface area contributed by atoms with Gasteiger partial charge >= 0.3 is 0 Å². The van der Waals surface area contributed by atoms with Crippen LogP contribution < -0.4 is 14.4 Å². The van der Waals surface area contributed by atoms with Crippen LogP contribution in [0.25, 0.3) is 0 Å². The molecule has 4 rings (SSSR count). The third-order valence-corrected chi connectivity index (χ3v) is 10.2. The molecule has 3 aromatic carbocycles. The van der Waals surface area contributed by atoms with Crippen molar-refractivity contribution >= 4 is 50.7 Å². The minimum absolute atomic E-state index is 0.0255. The summed E-state index contributed by atoms with van der Waals surface area (Å²) in [5, 5.41) is 3.75. The maximum Gasteiger partial charge on any atom is 0.264 e. The summed E-state index contributed by atoms with van der Waals surface area (Å²) in [5.41, 5.74) is 1.60. The van der Waals surface area contributed by atoms with Crippen LogP contribution in [0.2, 0.25) is 10.0 Å². The third kappa shape index (κ3) is 8.02. The Morgan fingerprint density at radius 3 is 2.23 bits per heavy atom. The second-order valence-corrected chi connectivity index (χ2v) is 13.4. The van der Waals surface area contributed by atoms with Gasteiger partial charge in [0.2, 0.25) is 11.8 Å². The zero-order chi connectivity index (χ0) is 31.1. The molecule has 0 saturated heterocycles. The van der Waals surface area contributed by atoms with Gasteiger partial charge in [-0.05, 0) is 63.1 Å². The number of benzene rings is 3. The lowest BCUT2D eigenvalue weighted by Gasteiger charge is -2.33. The molecular formula is C32H37Cl2N3O5S.